The molecule has 4 heteroatoms. The Hall–Kier alpha value is -1.32. The molecule has 33 heavy (non-hydrogen) atoms. The fourth-order valence-electron chi connectivity index (χ4n) is 6.61. The van der Waals surface area contributed by atoms with Crippen molar-refractivity contribution < 1.29 is 19.1 Å². The van der Waals surface area contributed by atoms with Crippen LogP contribution in [0.5, 0.6) is 0 Å². The van der Waals surface area contributed by atoms with E-state index >= 15 is 0 Å². The molecule has 0 amide bonds. The van der Waals surface area contributed by atoms with Crippen molar-refractivity contribution in [1.29, 1.82) is 0 Å². The SMILES string of the molecule is C/C=C/C(=O)OC1CCC(C2CCC(C(=O)OC3(CCCCCC)CCCCC3)CC2)CC1. The lowest BCUT2D eigenvalue weighted by atomic mass is 9.70. The van der Waals surface area contributed by atoms with Gasteiger partial charge in [-0.05, 0) is 109 Å². The first-order valence-corrected chi connectivity index (χ1v) is 14.1. The van der Waals surface area contributed by atoms with Gasteiger partial charge in [-0.3, -0.25) is 4.79 Å². The van der Waals surface area contributed by atoms with E-state index in [1.165, 1.54) is 51.0 Å². The Morgan fingerprint density at radius 3 is 2.09 bits per heavy atom. The minimum Gasteiger partial charge on any atom is -0.459 e. The molecule has 0 aromatic carbocycles. The second-order valence-electron chi connectivity index (χ2n) is 11.1. The highest BCUT2D eigenvalue weighted by molar-refractivity contribution is 5.81. The third-order valence-electron chi connectivity index (χ3n) is 8.64. The molecule has 0 aromatic heterocycles. The van der Waals surface area contributed by atoms with E-state index in [9.17, 15) is 9.59 Å². The van der Waals surface area contributed by atoms with E-state index in [2.05, 4.69) is 6.92 Å². The lowest BCUT2D eigenvalue weighted by Gasteiger charge is -2.40. The molecule has 3 aliphatic rings. The maximum Gasteiger partial charge on any atom is 0.330 e. The summed E-state index contributed by atoms with van der Waals surface area (Å²) in [6, 6.07) is 0. The van der Waals surface area contributed by atoms with Crippen molar-refractivity contribution in [3.05, 3.63) is 12.2 Å². The van der Waals surface area contributed by atoms with Crippen LogP contribution < -0.4 is 0 Å². The van der Waals surface area contributed by atoms with E-state index in [0.717, 1.165) is 82.5 Å². The van der Waals surface area contributed by atoms with Crippen LogP contribution in [0.1, 0.15) is 129 Å². The maximum atomic E-state index is 13.2. The van der Waals surface area contributed by atoms with E-state index in [0.29, 0.717) is 0 Å². The number of carbonyl (C=O) groups is 2. The lowest BCUT2D eigenvalue weighted by Crippen LogP contribution is -2.40. The summed E-state index contributed by atoms with van der Waals surface area (Å²) in [6.45, 7) is 4.09. The van der Waals surface area contributed by atoms with E-state index < -0.39 is 0 Å². The largest absolute Gasteiger partial charge is 0.459 e. The summed E-state index contributed by atoms with van der Waals surface area (Å²) >= 11 is 0. The second-order valence-corrected chi connectivity index (χ2v) is 11.1. The quantitative estimate of drug-likeness (QED) is 0.190. The zero-order chi connectivity index (χ0) is 23.5. The van der Waals surface area contributed by atoms with Gasteiger partial charge in [-0.15, -0.1) is 0 Å². The molecule has 0 radical (unpaired) electrons. The van der Waals surface area contributed by atoms with Crippen molar-refractivity contribution in [2.45, 2.75) is 141 Å². The molecule has 0 atom stereocenters. The topological polar surface area (TPSA) is 52.6 Å². The second kappa shape index (κ2) is 13.5. The smallest absolute Gasteiger partial charge is 0.330 e. The van der Waals surface area contributed by atoms with Gasteiger partial charge in [0.1, 0.15) is 11.7 Å². The summed E-state index contributed by atoms with van der Waals surface area (Å²) in [5.74, 6) is 1.45. The highest BCUT2D eigenvalue weighted by Gasteiger charge is 2.39. The number of unbranched alkanes of at least 4 members (excludes halogenated alkanes) is 3. The fourth-order valence-corrected chi connectivity index (χ4v) is 6.61. The van der Waals surface area contributed by atoms with Crippen LogP contribution in [0.4, 0.5) is 0 Å². The molecule has 4 nitrogen and oxygen atoms in total. The molecule has 3 saturated carbocycles. The number of carbonyl (C=O) groups excluding carboxylic acids is 2. The normalized spacial score (nSPS) is 30.1. The van der Waals surface area contributed by atoms with Crippen LogP contribution in [0.2, 0.25) is 0 Å². The van der Waals surface area contributed by atoms with Gasteiger partial charge < -0.3 is 9.47 Å². The Labute approximate surface area is 202 Å². The predicted molar refractivity (Wildman–Crippen MR) is 133 cm³/mol. The number of allylic oxidation sites excluding steroid dienone is 1. The van der Waals surface area contributed by atoms with Crippen molar-refractivity contribution >= 4 is 11.9 Å². The van der Waals surface area contributed by atoms with Crippen LogP contribution in [-0.4, -0.2) is 23.6 Å². The summed E-state index contributed by atoms with van der Waals surface area (Å²) in [5, 5.41) is 0. The molecule has 0 bridgehead atoms. The van der Waals surface area contributed by atoms with Gasteiger partial charge in [0.2, 0.25) is 0 Å². The van der Waals surface area contributed by atoms with Crippen LogP contribution in [0.25, 0.3) is 0 Å². The molecular formula is C29H48O4. The minimum atomic E-state index is -0.207. The summed E-state index contributed by atoms with van der Waals surface area (Å²) in [7, 11) is 0. The predicted octanol–water partition coefficient (Wildman–Crippen LogP) is 7.69. The number of rotatable bonds is 10. The number of ether oxygens (including phenoxy) is 2. The molecule has 3 fully saturated rings. The van der Waals surface area contributed by atoms with Crippen LogP contribution in [0.3, 0.4) is 0 Å². The molecule has 0 saturated heterocycles. The number of esters is 2. The standard InChI is InChI=1S/C29H48O4/c1-3-5-6-8-20-29(21-9-7-10-22-29)33-28(31)25-14-12-23(13-15-25)24-16-18-26(19-17-24)32-27(30)11-4-2/h4,11,23-26H,3,5-10,12-22H2,1-2H3/b11-4+. The van der Waals surface area contributed by atoms with Gasteiger partial charge in [-0.2, -0.15) is 0 Å². The van der Waals surface area contributed by atoms with Gasteiger partial charge in [0, 0.05) is 6.08 Å². The van der Waals surface area contributed by atoms with Gasteiger partial charge in [-0.1, -0.05) is 38.7 Å². The lowest BCUT2D eigenvalue weighted by molar-refractivity contribution is -0.171. The van der Waals surface area contributed by atoms with Crippen LogP contribution >= 0.6 is 0 Å². The molecule has 0 heterocycles. The fraction of sp³-hybridized carbons (Fsp3) is 0.862. The van der Waals surface area contributed by atoms with Gasteiger partial charge in [0.15, 0.2) is 0 Å². The maximum absolute atomic E-state index is 13.2. The summed E-state index contributed by atoms with van der Waals surface area (Å²) in [6.07, 6.45) is 23.8. The van der Waals surface area contributed by atoms with Crippen LogP contribution in [0, 0.1) is 17.8 Å². The minimum absolute atomic E-state index is 0.0836. The van der Waals surface area contributed by atoms with Gasteiger partial charge in [0.25, 0.3) is 0 Å². The molecule has 3 aliphatic carbocycles. The highest BCUT2D eigenvalue weighted by atomic mass is 16.6. The summed E-state index contributed by atoms with van der Waals surface area (Å²) < 4.78 is 11.9. The average Bonchev–Trinajstić information content (AvgIpc) is 2.83. The van der Waals surface area contributed by atoms with Crippen molar-refractivity contribution in [3.8, 4) is 0 Å². The number of hydrogen-bond acceptors (Lipinski definition) is 4. The third-order valence-corrected chi connectivity index (χ3v) is 8.64. The summed E-state index contributed by atoms with van der Waals surface area (Å²) in [4.78, 5) is 24.9. The zero-order valence-electron chi connectivity index (χ0n) is 21.3. The Balaban J connectivity index is 1.41. The first-order chi connectivity index (χ1) is 16.0. The summed E-state index contributed by atoms with van der Waals surface area (Å²) in [5.41, 5.74) is -0.164. The van der Waals surface area contributed by atoms with Crippen LogP contribution in [-0.2, 0) is 19.1 Å². The van der Waals surface area contributed by atoms with Crippen molar-refractivity contribution in [2.75, 3.05) is 0 Å². The first kappa shape index (κ1) is 26.3. The van der Waals surface area contributed by atoms with Crippen LogP contribution in [0.15, 0.2) is 12.2 Å². The van der Waals surface area contributed by atoms with E-state index in [-0.39, 0.29) is 29.6 Å². The Morgan fingerprint density at radius 1 is 0.848 bits per heavy atom. The monoisotopic (exact) mass is 460 g/mol. The Bertz CT molecular complexity index is 618. The molecule has 0 spiro atoms. The number of hydrogen-bond donors (Lipinski definition) is 0. The van der Waals surface area contributed by atoms with Crippen molar-refractivity contribution in [2.24, 2.45) is 17.8 Å². The van der Waals surface area contributed by atoms with Crippen molar-refractivity contribution in [3.63, 3.8) is 0 Å². The Kier molecular flexibility index (Phi) is 10.8. The third kappa shape index (κ3) is 8.14. The zero-order valence-corrected chi connectivity index (χ0v) is 21.3. The average molecular weight is 461 g/mol. The van der Waals surface area contributed by atoms with Gasteiger partial charge in [0.05, 0.1) is 5.92 Å². The molecular weight excluding hydrogens is 412 g/mol. The molecule has 0 unspecified atom stereocenters. The first-order valence-electron chi connectivity index (χ1n) is 14.1. The Morgan fingerprint density at radius 2 is 1.48 bits per heavy atom. The molecule has 0 aromatic rings. The molecule has 188 valence electrons. The highest BCUT2D eigenvalue weighted by Crippen LogP contribution is 2.42. The van der Waals surface area contributed by atoms with E-state index in [1.807, 2.05) is 6.92 Å². The van der Waals surface area contributed by atoms with Gasteiger partial charge >= 0.3 is 11.9 Å². The molecule has 0 aliphatic heterocycles. The van der Waals surface area contributed by atoms with Crippen molar-refractivity contribution in [1.82, 2.24) is 0 Å². The molecule has 0 N–H and O–H groups in total. The van der Waals surface area contributed by atoms with E-state index in [1.54, 1.807) is 6.08 Å². The van der Waals surface area contributed by atoms with Gasteiger partial charge in [-0.25, -0.2) is 4.79 Å². The molecule has 3 rings (SSSR count). The van der Waals surface area contributed by atoms with E-state index in [4.69, 9.17) is 9.47 Å².